The molecule has 0 radical (unpaired) electrons. The van der Waals surface area contributed by atoms with Crippen LogP contribution in [0.4, 0.5) is 4.39 Å². The SMILES string of the molecule is C[C@]12CC[C@H]3[C@@H](CC=C4[C@H](F)C(=O)CC[C@@]43C)[C@@H]1CC[C@@H]2CCCl. The number of Topliss-reactive ketones (excluding diaryl/α,β-unsaturated/α-hetero) is 1. The monoisotopic (exact) mass is 352 g/mol. The maximum Gasteiger partial charge on any atom is 0.180 e. The third-order valence-electron chi connectivity index (χ3n) is 8.63. The van der Waals surface area contributed by atoms with Gasteiger partial charge in [0.05, 0.1) is 0 Å². The Hall–Kier alpha value is -0.370. The third kappa shape index (κ3) is 2.20. The first-order chi connectivity index (χ1) is 11.4. The number of hydrogen-bond acceptors (Lipinski definition) is 1. The molecule has 0 amide bonds. The summed E-state index contributed by atoms with van der Waals surface area (Å²) >= 11 is 6.07. The Morgan fingerprint density at radius 1 is 1.21 bits per heavy atom. The number of carbonyl (C=O) groups excluding carboxylic acids is 1. The highest BCUT2D eigenvalue weighted by Gasteiger charge is 2.59. The highest BCUT2D eigenvalue weighted by Crippen LogP contribution is 2.66. The minimum absolute atomic E-state index is 0.0812. The standard InChI is InChI=1S/C21H30ClFO/c1-20-10-7-16-14(15(20)5-3-13(20)9-12-22)4-6-17-19(23)18(24)8-11-21(16,17)2/h6,13-16,19H,3-5,7-12H2,1-2H3/t13-,14+,15+,16+,19+,20-,21-/m1/s1. The van der Waals surface area contributed by atoms with Gasteiger partial charge in [-0.1, -0.05) is 19.9 Å². The molecule has 4 rings (SSSR count). The summed E-state index contributed by atoms with van der Waals surface area (Å²) in [5.74, 6) is 3.35. The minimum atomic E-state index is -1.33. The maximum absolute atomic E-state index is 14.6. The molecule has 0 heterocycles. The van der Waals surface area contributed by atoms with Gasteiger partial charge in [0.1, 0.15) is 0 Å². The van der Waals surface area contributed by atoms with Crippen molar-refractivity contribution in [3.05, 3.63) is 11.6 Å². The molecule has 3 saturated carbocycles. The van der Waals surface area contributed by atoms with E-state index in [0.717, 1.165) is 42.6 Å². The Balaban J connectivity index is 1.66. The van der Waals surface area contributed by atoms with Crippen LogP contribution < -0.4 is 0 Å². The van der Waals surface area contributed by atoms with Gasteiger partial charge in [-0.15, -0.1) is 11.6 Å². The summed E-state index contributed by atoms with van der Waals surface area (Å²) in [6, 6.07) is 0. The van der Waals surface area contributed by atoms with E-state index in [1.807, 2.05) is 0 Å². The van der Waals surface area contributed by atoms with Crippen molar-refractivity contribution in [1.29, 1.82) is 0 Å². The van der Waals surface area contributed by atoms with Crippen molar-refractivity contribution in [3.8, 4) is 0 Å². The van der Waals surface area contributed by atoms with Crippen LogP contribution in [0.25, 0.3) is 0 Å². The zero-order chi connectivity index (χ0) is 17.1. The fraction of sp³-hybridized carbons (Fsp3) is 0.857. The van der Waals surface area contributed by atoms with Crippen LogP contribution in [-0.4, -0.2) is 17.8 Å². The van der Waals surface area contributed by atoms with E-state index in [1.54, 1.807) is 0 Å². The second-order valence-electron chi connectivity index (χ2n) is 9.31. The molecule has 0 bridgehead atoms. The lowest BCUT2D eigenvalue weighted by Crippen LogP contribution is -2.52. The number of halogens is 2. The number of carbonyl (C=O) groups is 1. The first kappa shape index (κ1) is 17.1. The summed E-state index contributed by atoms with van der Waals surface area (Å²) in [6.45, 7) is 4.75. The van der Waals surface area contributed by atoms with E-state index in [4.69, 9.17) is 11.6 Å². The van der Waals surface area contributed by atoms with Gasteiger partial charge in [0.2, 0.25) is 0 Å². The largest absolute Gasteiger partial charge is 0.296 e. The van der Waals surface area contributed by atoms with Crippen LogP contribution in [0.1, 0.15) is 65.2 Å². The lowest BCUT2D eigenvalue weighted by Gasteiger charge is -2.57. The zero-order valence-electron chi connectivity index (χ0n) is 15.0. The summed E-state index contributed by atoms with van der Waals surface area (Å²) in [5, 5.41) is 0. The molecular formula is C21H30ClFO. The molecule has 0 saturated heterocycles. The van der Waals surface area contributed by atoms with E-state index in [2.05, 4.69) is 19.9 Å². The Morgan fingerprint density at radius 3 is 2.75 bits per heavy atom. The summed E-state index contributed by atoms with van der Waals surface area (Å²) < 4.78 is 14.6. The van der Waals surface area contributed by atoms with Crippen LogP contribution in [0.2, 0.25) is 0 Å². The molecule has 4 aliphatic rings. The number of fused-ring (bicyclic) bond motifs is 5. The molecule has 0 aromatic rings. The predicted molar refractivity (Wildman–Crippen MR) is 95.8 cm³/mol. The van der Waals surface area contributed by atoms with Crippen molar-refractivity contribution < 1.29 is 9.18 Å². The lowest BCUT2D eigenvalue weighted by atomic mass is 9.47. The summed E-state index contributed by atoms with van der Waals surface area (Å²) in [6.07, 6.45) is 9.30. The fourth-order valence-electron chi connectivity index (χ4n) is 7.24. The smallest absolute Gasteiger partial charge is 0.180 e. The molecule has 134 valence electrons. The topological polar surface area (TPSA) is 17.1 Å². The second kappa shape index (κ2) is 5.83. The van der Waals surface area contributed by atoms with Gasteiger partial charge in [-0.3, -0.25) is 4.79 Å². The van der Waals surface area contributed by atoms with Crippen LogP contribution in [0.5, 0.6) is 0 Å². The average molecular weight is 353 g/mol. The van der Waals surface area contributed by atoms with E-state index in [-0.39, 0.29) is 11.2 Å². The van der Waals surface area contributed by atoms with Gasteiger partial charge >= 0.3 is 0 Å². The highest BCUT2D eigenvalue weighted by atomic mass is 35.5. The van der Waals surface area contributed by atoms with Crippen LogP contribution in [0.3, 0.4) is 0 Å². The van der Waals surface area contributed by atoms with Crippen molar-refractivity contribution in [3.63, 3.8) is 0 Å². The van der Waals surface area contributed by atoms with Crippen LogP contribution >= 0.6 is 11.6 Å². The maximum atomic E-state index is 14.6. The van der Waals surface area contributed by atoms with Crippen molar-refractivity contribution >= 4 is 17.4 Å². The van der Waals surface area contributed by atoms with Crippen LogP contribution in [0.15, 0.2) is 11.6 Å². The van der Waals surface area contributed by atoms with Gasteiger partial charge in [-0.05, 0) is 85.0 Å². The summed E-state index contributed by atoms with van der Waals surface area (Å²) in [7, 11) is 0. The first-order valence-electron chi connectivity index (χ1n) is 9.85. The second-order valence-corrected chi connectivity index (χ2v) is 9.69. The van der Waals surface area contributed by atoms with E-state index in [0.29, 0.717) is 23.7 Å². The number of rotatable bonds is 2. The molecule has 4 aliphatic carbocycles. The normalized spacial score (nSPS) is 50.8. The summed E-state index contributed by atoms with van der Waals surface area (Å²) in [5.41, 5.74) is 1.18. The van der Waals surface area contributed by atoms with Crippen molar-refractivity contribution in [2.75, 3.05) is 5.88 Å². The molecule has 3 heteroatoms. The molecule has 0 aromatic carbocycles. The number of alkyl halides is 2. The van der Waals surface area contributed by atoms with Crippen LogP contribution in [0, 0.1) is 34.5 Å². The molecule has 0 unspecified atom stereocenters. The molecule has 0 spiro atoms. The quantitative estimate of drug-likeness (QED) is 0.459. The van der Waals surface area contributed by atoms with E-state index in [9.17, 15) is 9.18 Å². The molecule has 1 nitrogen and oxygen atoms in total. The van der Waals surface area contributed by atoms with Crippen molar-refractivity contribution in [2.24, 2.45) is 34.5 Å². The Labute approximate surface area is 150 Å². The molecule has 7 atom stereocenters. The number of allylic oxidation sites excluding steroid dienone is 2. The van der Waals surface area contributed by atoms with E-state index in [1.165, 1.54) is 25.7 Å². The fourth-order valence-corrected chi connectivity index (χ4v) is 7.50. The van der Waals surface area contributed by atoms with Crippen molar-refractivity contribution in [2.45, 2.75) is 71.4 Å². The Kier molecular flexibility index (Phi) is 4.14. The zero-order valence-corrected chi connectivity index (χ0v) is 15.7. The molecule has 24 heavy (non-hydrogen) atoms. The van der Waals surface area contributed by atoms with E-state index >= 15 is 0 Å². The van der Waals surface area contributed by atoms with Gasteiger partial charge in [0.15, 0.2) is 12.0 Å². The Bertz CT molecular complexity index is 572. The first-order valence-corrected chi connectivity index (χ1v) is 10.4. The van der Waals surface area contributed by atoms with Gasteiger partial charge in [0, 0.05) is 12.3 Å². The van der Waals surface area contributed by atoms with Gasteiger partial charge in [-0.2, -0.15) is 0 Å². The average Bonchev–Trinajstić information content (AvgIpc) is 2.89. The molecular weight excluding hydrogens is 323 g/mol. The van der Waals surface area contributed by atoms with Gasteiger partial charge in [-0.25, -0.2) is 4.39 Å². The van der Waals surface area contributed by atoms with Gasteiger partial charge in [0.25, 0.3) is 0 Å². The molecule has 3 fully saturated rings. The minimum Gasteiger partial charge on any atom is -0.296 e. The number of ketones is 1. The molecule has 0 N–H and O–H groups in total. The Morgan fingerprint density at radius 2 is 2.00 bits per heavy atom. The van der Waals surface area contributed by atoms with Crippen LogP contribution in [-0.2, 0) is 4.79 Å². The number of hydrogen-bond donors (Lipinski definition) is 0. The third-order valence-corrected chi connectivity index (χ3v) is 8.84. The molecule has 0 aromatic heterocycles. The lowest BCUT2D eigenvalue weighted by molar-refractivity contribution is -0.128. The molecule has 0 aliphatic heterocycles. The predicted octanol–water partition coefficient (Wildman–Crippen LogP) is 5.71. The summed E-state index contributed by atoms with van der Waals surface area (Å²) in [4.78, 5) is 11.9. The van der Waals surface area contributed by atoms with Crippen molar-refractivity contribution in [1.82, 2.24) is 0 Å². The van der Waals surface area contributed by atoms with Gasteiger partial charge < -0.3 is 0 Å². The highest BCUT2D eigenvalue weighted by molar-refractivity contribution is 6.17. The van der Waals surface area contributed by atoms with E-state index < -0.39 is 6.17 Å².